The van der Waals surface area contributed by atoms with Crippen molar-refractivity contribution in [1.82, 2.24) is 25.3 Å². The summed E-state index contributed by atoms with van der Waals surface area (Å²) in [4.78, 5) is 30.5. The number of rotatable bonds is 4. The topological polar surface area (TPSA) is 80.7 Å². The minimum absolute atomic E-state index is 0.00314. The number of benzene rings is 1. The Morgan fingerprint density at radius 2 is 1.97 bits per heavy atom. The molecule has 2 aromatic heterocycles. The van der Waals surface area contributed by atoms with Gasteiger partial charge < -0.3 is 5.32 Å². The molecule has 0 spiro atoms. The molecule has 154 valence electrons. The Balaban J connectivity index is 1.59. The average Bonchev–Trinajstić information content (AvgIpc) is 2.69. The standard InChI is InChI=1S/C23H24FN5O/c1-14-11-26-20(13-25-14)22-27-12-16-18(9-23(2,3)10-19(16)29-22)28-21(30)8-15-6-4-5-7-17(15)24/h4-7,11-13,18H,8-10H2,1-3H3,(H,28,30)/t18-/m0/s1. The lowest BCUT2D eigenvalue weighted by Gasteiger charge is -2.36. The van der Waals surface area contributed by atoms with E-state index in [0.717, 1.165) is 29.8 Å². The molecule has 1 aliphatic carbocycles. The fourth-order valence-corrected chi connectivity index (χ4v) is 3.87. The van der Waals surface area contributed by atoms with E-state index in [-0.39, 0.29) is 29.6 Å². The Morgan fingerprint density at radius 1 is 1.17 bits per heavy atom. The van der Waals surface area contributed by atoms with Crippen LogP contribution in [0.15, 0.2) is 42.9 Å². The Bertz CT molecular complexity index is 1080. The van der Waals surface area contributed by atoms with Crippen molar-refractivity contribution in [2.45, 2.75) is 46.1 Å². The van der Waals surface area contributed by atoms with Gasteiger partial charge in [-0.1, -0.05) is 32.0 Å². The summed E-state index contributed by atoms with van der Waals surface area (Å²) in [5, 5.41) is 3.06. The summed E-state index contributed by atoms with van der Waals surface area (Å²) in [6.45, 7) is 6.18. The monoisotopic (exact) mass is 405 g/mol. The number of hydrogen-bond acceptors (Lipinski definition) is 5. The third-order valence-electron chi connectivity index (χ3n) is 5.33. The van der Waals surface area contributed by atoms with E-state index >= 15 is 0 Å². The van der Waals surface area contributed by atoms with Gasteiger partial charge in [0, 0.05) is 18.0 Å². The molecule has 1 aliphatic rings. The zero-order chi connectivity index (χ0) is 21.3. The van der Waals surface area contributed by atoms with E-state index in [4.69, 9.17) is 4.98 Å². The van der Waals surface area contributed by atoms with Crippen molar-refractivity contribution < 1.29 is 9.18 Å². The van der Waals surface area contributed by atoms with Crippen molar-refractivity contribution in [3.05, 3.63) is 71.2 Å². The predicted molar refractivity (Wildman–Crippen MR) is 111 cm³/mol. The molecule has 0 saturated carbocycles. The van der Waals surface area contributed by atoms with Crippen LogP contribution >= 0.6 is 0 Å². The maximum atomic E-state index is 13.9. The number of hydrogen-bond donors (Lipinski definition) is 1. The molecule has 3 aromatic rings. The van der Waals surface area contributed by atoms with Crippen molar-refractivity contribution in [3.8, 4) is 11.5 Å². The summed E-state index contributed by atoms with van der Waals surface area (Å²) in [7, 11) is 0. The molecule has 0 saturated heterocycles. The first-order chi connectivity index (χ1) is 14.3. The van der Waals surface area contributed by atoms with E-state index in [1.165, 1.54) is 6.07 Å². The highest BCUT2D eigenvalue weighted by Crippen LogP contribution is 2.40. The van der Waals surface area contributed by atoms with Gasteiger partial charge >= 0.3 is 0 Å². The predicted octanol–water partition coefficient (Wildman–Crippen LogP) is 3.75. The van der Waals surface area contributed by atoms with Crippen LogP contribution < -0.4 is 5.32 Å². The quantitative estimate of drug-likeness (QED) is 0.715. The average molecular weight is 405 g/mol. The first kappa shape index (κ1) is 20.1. The summed E-state index contributed by atoms with van der Waals surface area (Å²) in [6, 6.07) is 6.12. The van der Waals surface area contributed by atoms with Crippen molar-refractivity contribution >= 4 is 5.91 Å². The minimum atomic E-state index is -0.371. The van der Waals surface area contributed by atoms with Crippen molar-refractivity contribution in [1.29, 1.82) is 0 Å². The van der Waals surface area contributed by atoms with Crippen LogP contribution in [0, 0.1) is 18.2 Å². The maximum absolute atomic E-state index is 13.9. The van der Waals surface area contributed by atoms with Crippen molar-refractivity contribution in [2.75, 3.05) is 0 Å². The Morgan fingerprint density at radius 3 is 2.70 bits per heavy atom. The summed E-state index contributed by atoms with van der Waals surface area (Å²) in [6.07, 6.45) is 6.65. The summed E-state index contributed by atoms with van der Waals surface area (Å²) in [5.41, 5.74) is 3.58. The molecule has 7 heteroatoms. The van der Waals surface area contributed by atoms with E-state index in [0.29, 0.717) is 17.1 Å². The molecule has 6 nitrogen and oxygen atoms in total. The first-order valence-electron chi connectivity index (χ1n) is 9.98. The Hall–Kier alpha value is -3.22. The highest BCUT2D eigenvalue weighted by atomic mass is 19.1. The van der Waals surface area contributed by atoms with Gasteiger partial charge in [0.15, 0.2) is 5.82 Å². The largest absolute Gasteiger partial charge is 0.349 e. The SMILES string of the molecule is Cc1cnc(-c2ncc3c(n2)CC(C)(C)C[C@@H]3NC(=O)Cc2ccccc2F)cn1. The first-order valence-corrected chi connectivity index (χ1v) is 9.98. The van der Waals surface area contributed by atoms with E-state index in [1.54, 1.807) is 36.8 Å². The zero-order valence-corrected chi connectivity index (χ0v) is 17.3. The lowest BCUT2D eigenvalue weighted by molar-refractivity contribution is -0.121. The van der Waals surface area contributed by atoms with Crippen LogP contribution in [-0.2, 0) is 17.6 Å². The van der Waals surface area contributed by atoms with Crippen LogP contribution in [0.1, 0.15) is 48.8 Å². The van der Waals surface area contributed by atoms with E-state index in [2.05, 4.69) is 34.1 Å². The van der Waals surface area contributed by atoms with Gasteiger partial charge in [-0.05, 0) is 36.8 Å². The number of carbonyl (C=O) groups excluding carboxylic acids is 1. The zero-order valence-electron chi connectivity index (χ0n) is 17.3. The second kappa shape index (κ2) is 7.89. The molecule has 30 heavy (non-hydrogen) atoms. The molecule has 0 bridgehead atoms. The number of carbonyl (C=O) groups is 1. The summed E-state index contributed by atoms with van der Waals surface area (Å²) in [5.74, 6) is -0.0678. The number of fused-ring (bicyclic) bond motifs is 1. The van der Waals surface area contributed by atoms with Gasteiger partial charge in [-0.25, -0.2) is 19.3 Å². The number of nitrogens with one attached hydrogen (secondary N) is 1. The Kier molecular flexibility index (Phi) is 5.28. The second-order valence-corrected chi connectivity index (χ2v) is 8.57. The number of halogens is 1. The smallest absolute Gasteiger partial charge is 0.225 e. The molecule has 0 fully saturated rings. The number of aryl methyl sites for hydroxylation is 1. The molecule has 1 amide bonds. The van der Waals surface area contributed by atoms with Gasteiger partial charge in [-0.15, -0.1) is 0 Å². The molecule has 0 unspecified atom stereocenters. The molecular weight excluding hydrogens is 381 g/mol. The van der Waals surface area contributed by atoms with Crippen LogP contribution in [0.25, 0.3) is 11.5 Å². The second-order valence-electron chi connectivity index (χ2n) is 8.57. The normalized spacial score (nSPS) is 17.3. The van der Waals surface area contributed by atoms with Gasteiger partial charge in [-0.3, -0.25) is 9.78 Å². The molecule has 0 radical (unpaired) electrons. The highest BCUT2D eigenvalue weighted by molar-refractivity contribution is 5.79. The fraction of sp³-hybridized carbons (Fsp3) is 0.348. The van der Waals surface area contributed by atoms with Gasteiger partial charge in [0.05, 0.1) is 30.0 Å². The van der Waals surface area contributed by atoms with E-state index < -0.39 is 0 Å². The van der Waals surface area contributed by atoms with Gasteiger partial charge in [-0.2, -0.15) is 0 Å². The molecule has 1 atom stereocenters. The van der Waals surface area contributed by atoms with Crippen LogP contribution in [0.4, 0.5) is 4.39 Å². The molecular formula is C23H24FN5O. The number of aromatic nitrogens is 4. The van der Waals surface area contributed by atoms with Crippen LogP contribution in [-0.4, -0.2) is 25.8 Å². The molecule has 0 aliphatic heterocycles. The van der Waals surface area contributed by atoms with E-state index in [9.17, 15) is 9.18 Å². The lowest BCUT2D eigenvalue weighted by Crippen LogP contribution is -2.38. The molecule has 1 N–H and O–H groups in total. The van der Waals surface area contributed by atoms with Crippen molar-refractivity contribution in [3.63, 3.8) is 0 Å². The maximum Gasteiger partial charge on any atom is 0.225 e. The summed E-state index contributed by atoms with van der Waals surface area (Å²) < 4.78 is 13.9. The van der Waals surface area contributed by atoms with Crippen LogP contribution in [0.3, 0.4) is 0 Å². The fourth-order valence-electron chi connectivity index (χ4n) is 3.87. The Labute approximate surface area is 175 Å². The van der Waals surface area contributed by atoms with Gasteiger partial charge in [0.25, 0.3) is 0 Å². The third-order valence-corrected chi connectivity index (χ3v) is 5.33. The number of amides is 1. The van der Waals surface area contributed by atoms with Gasteiger partial charge in [0.1, 0.15) is 11.5 Å². The van der Waals surface area contributed by atoms with Crippen LogP contribution in [0.2, 0.25) is 0 Å². The van der Waals surface area contributed by atoms with E-state index in [1.807, 2.05) is 6.92 Å². The highest BCUT2D eigenvalue weighted by Gasteiger charge is 2.34. The molecule has 1 aromatic carbocycles. The minimum Gasteiger partial charge on any atom is -0.349 e. The third kappa shape index (κ3) is 4.35. The number of nitrogens with zero attached hydrogens (tertiary/aromatic N) is 4. The summed E-state index contributed by atoms with van der Waals surface area (Å²) >= 11 is 0. The van der Waals surface area contributed by atoms with Crippen molar-refractivity contribution in [2.24, 2.45) is 5.41 Å². The lowest BCUT2D eigenvalue weighted by atomic mass is 9.74. The van der Waals surface area contributed by atoms with Gasteiger partial charge in [0.2, 0.25) is 5.91 Å². The van der Waals surface area contributed by atoms with Crippen LogP contribution in [0.5, 0.6) is 0 Å². The molecule has 2 heterocycles. The molecule has 4 rings (SSSR count).